The zero-order chi connectivity index (χ0) is 22.1. The Morgan fingerprint density at radius 1 is 1.03 bits per heavy atom. The van der Waals surface area contributed by atoms with Crippen LogP contribution in [0.3, 0.4) is 0 Å². The van der Waals surface area contributed by atoms with Gasteiger partial charge in [-0.05, 0) is 54.8 Å². The second kappa shape index (κ2) is 12.5. The summed E-state index contributed by atoms with van der Waals surface area (Å²) in [6.45, 7) is 4.68. The van der Waals surface area contributed by atoms with E-state index in [-0.39, 0.29) is 24.1 Å². The molecular weight excluding hydrogens is 463 g/mol. The van der Waals surface area contributed by atoms with Gasteiger partial charge in [0.2, 0.25) is 11.8 Å². The molecule has 162 valence electrons. The van der Waals surface area contributed by atoms with E-state index in [1.165, 1.54) is 11.8 Å². The summed E-state index contributed by atoms with van der Waals surface area (Å²) in [5.74, 6) is -0.0987. The van der Waals surface area contributed by atoms with E-state index in [0.29, 0.717) is 28.0 Å². The summed E-state index contributed by atoms with van der Waals surface area (Å²) < 4.78 is 0. The van der Waals surface area contributed by atoms with Crippen LogP contribution in [0.2, 0.25) is 15.1 Å². The lowest BCUT2D eigenvalue weighted by Crippen LogP contribution is -2.49. The summed E-state index contributed by atoms with van der Waals surface area (Å²) in [7, 11) is 0. The number of hydrogen-bond donors (Lipinski definition) is 1. The molecule has 2 aromatic rings. The van der Waals surface area contributed by atoms with Gasteiger partial charge in [0.25, 0.3) is 0 Å². The smallest absolute Gasteiger partial charge is 0.242 e. The van der Waals surface area contributed by atoms with Crippen molar-refractivity contribution in [1.82, 2.24) is 10.2 Å². The van der Waals surface area contributed by atoms with Gasteiger partial charge >= 0.3 is 0 Å². The van der Waals surface area contributed by atoms with Crippen molar-refractivity contribution in [3.8, 4) is 0 Å². The highest BCUT2D eigenvalue weighted by Gasteiger charge is 2.28. The molecule has 1 atom stereocenters. The Morgan fingerprint density at radius 3 is 2.30 bits per heavy atom. The minimum atomic E-state index is -0.582. The van der Waals surface area contributed by atoms with Gasteiger partial charge in [-0.3, -0.25) is 9.59 Å². The van der Waals surface area contributed by atoms with E-state index in [1.54, 1.807) is 35.2 Å². The number of hydrogen-bond acceptors (Lipinski definition) is 3. The van der Waals surface area contributed by atoms with Gasteiger partial charge in [-0.1, -0.05) is 54.7 Å². The highest BCUT2D eigenvalue weighted by atomic mass is 35.5. The van der Waals surface area contributed by atoms with Crippen molar-refractivity contribution in [2.75, 3.05) is 12.3 Å². The third kappa shape index (κ3) is 7.38. The fourth-order valence-electron chi connectivity index (χ4n) is 2.88. The molecule has 0 radical (unpaired) electrons. The van der Waals surface area contributed by atoms with Crippen molar-refractivity contribution in [2.24, 2.45) is 0 Å². The Labute approximate surface area is 197 Å². The zero-order valence-electron chi connectivity index (χ0n) is 17.0. The van der Waals surface area contributed by atoms with Gasteiger partial charge in [0.15, 0.2) is 0 Å². The van der Waals surface area contributed by atoms with Gasteiger partial charge in [-0.25, -0.2) is 0 Å². The average molecular weight is 488 g/mol. The molecule has 2 rings (SSSR count). The topological polar surface area (TPSA) is 49.4 Å². The number of nitrogens with one attached hydrogen (secondary N) is 1. The van der Waals surface area contributed by atoms with E-state index in [4.69, 9.17) is 34.8 Å². The number of benzene rings is 2. The summed E-state index contributed by atoms with van der Waals surface area (Å²) in [6.07, 6.45) is 1.32. The first-order valence-corrected chi connectivity index (χ1v) is 11.9. The van der Waals surface area contributed by atoms with E-state index < -0.39 is 6.04 Å². The first kappa shape index (κ1) is 24.9. The maximum atomic E-state index is 13.2. The van der Waals surface area contributed by atoms with Crippen molar-refractivity contribution in [1.29, 1.82) is 0 Å². The molecule has 0 spiro atoms. The van der Waals surface area contributed by atoms with Crippen LogP contribution in [-0.4, -0.2) is 35.1 Å². The quantitative estimate of drug-likeness (QED) is 0.414. The van der Waals surface area contributed by atoms with Gasteiger partial charge in [0.05, 0.1) is 5.75 Å². The lowest BCUT2D eigenvalue weighted by molar-refractivity contribution is -0.139. The van der Waals surface area contributed by atoms with Crippen molar-refractivity contribution < 1.29 is 9.59 Å². The first-order valence-electron chi connectivity index (χ1n) is 9.75. The van der Waals surface area contributed by atoms with E-state index in [1.807, 2.05) is 26.0 Å². The fourth-order valence-corrected chi connectivity index (χ4v) is 4.26. The molecule has 0 bridgehead atoms. The van der Waals surface area contributed by atoms with Gasteiger partial charge < -0.3 is 10.2 Å². The minimum absolute atomic E-state index is 0.139. The maximum Gasteiger partial charge on any atom is 0.242 e. The third-order valence-electron chi connectivity index (χ3n) is 4.47. The van der Waals surface area contributed by atoms with Crippen molar-refractivity contribution in [3.63, 3.8) is 0 Å². The predicted molar refractivity (Wildman–Crippen MR) is 127 cm³/mol. The van der Waals surface area contributed by atoms with Crippen LogP contribution >= 0.6 is 46.6 Å². The molecule has 2 amide bonds. The number of nitrogens with zero attached hydrogens (tertiary/aromatic N) is 1. The molecule has 0 aliphatic carbocycles. The Bertz CT molecular complexity index is 862. The number of rotatable bonds is 10. The number of thioether (sulfide) groups is 1. The lowest BCUT2D eigenvalue weighted by atomic mass is 10.1. The molecule has 30 heavy (non-hydrogen) atoms. The van der Waals surface area contributed by atoms with E-state index in [2.05, 4.69) is 5.32 Å². The number of halogens is 3. The Balaban J connectivity index is 2.22. The van der Waals surface area contributed by atoms with Crippen LogP contribution in [0.5, 0.6) is 0 Å². The summed E-state index contributed by atoms with van der Waals surface area (Å²) >= 11 is 19.7. The number of carbonyl (C=O) groups is 2. The van der Waals surface area contributed by atoms with Crippen LogP contribution in [0, 0.1) is 0 Å². The van der Waals surface area contributed by atoms with Gasteiger partial charge in [0.1, 0.15) is 6.04 Å². The summed E-state index contributed by atoms with van der Waals surface area (Å²) in [4.78, 5) is 28.4. The Hall–Kier alpha value is -1.40. The number of carbonyl (C=O) groups excluding carboxylic acids is 2. The molecule has 0 fully saturated rings. The third-order valence-corrected chi connectivity index (χ3v) is 6.30. The largest absolute Gasteiger partial charge is 0.354 e. The van der Waals surface area contributed by atoms with Crippen LogP contribution in [-0.2, 0) is 16.1 Å². The highest BCUT2D eigenvalue weighted by molar-refractivity contribution is 8.00. The van der Waals surface area contributed by atoms with Gasteiger partial charge in [-0.15, -0.1) is 11.8 Å². The summed E-state index contributed by atoms with van der Waals surface area (Å²) in [6, 6.07) is 11.9. The monoisotopic (exact) mass is 486 g/mol. The van der Waals surface area contributed by atoms with Crippen molar-refractivity contribution in [3.05, 3.63) is 63.1 Å². The second-order valence-electron chi connectivity index (χ2n) is 6.72. The lowest BCUT2D eigenvalue weighted by Gasteiger charge is -2.31. The summed E-state index contributed by atoms with van der Waals surface area (Å²) in [5.41, 5.74) is 0.743. The van der Waals surface area contributed by atoms with Crippen molar-refractivity contribution in [2.45, 2.75) is 44.2 Å². The molecule has 1 N–H and O–H groups in total. The van der Waals surface area contributed by atoms with Crippen molar-refractivity contribution >= 4 is 58.4 Å². The molecule has 2 aromatic carbocycles. The van der Waals surface area contributed by atoms with Crippen LogP contribution in [0.1, 0.15) is 32.3 Å². The van der Waals surface area contributed by atoms with E-state index in [9.17, 15) is 9.59 Å². The standard InChI is InChI=1S/C22H25Cl3N2O2S/c1-3-11-26-22(29)20(4-2)27(13-15-5-6-17(24)12-19(15)25)21(28)14-30-18-9-7-16(23)8-10-18/h5-10,12,20H,3-4,11,13-14H2,1-2H3,(H,26,29)/t20-/m0/s1. The fraction of sp³-hybridized carbons (Fsp3) is 0.364. The van der Waals surface area contributed by atoms with Crippen LogP contribution < -0.4 is 5.32 Å². The molecule has 0 aliphatic heterocycles. The molecule has 0 aliphatic rings. The molecule has 0 aromatic heterocycles. The zero-order valence-corrected chi connectivity index (χ0v) is 20.0. The molecule has 0 heterocycles. The SMILES string of the molecule is CCCNC(=O)[C@H](CC)N(Cc1ccc(Cl)cc1Cl)C(=O)CSc1ccc(Cl)cc1. The highest BCUT2D eigenvalue weighted by Crippen LogP contribution is 2.25. The second-order valence-corrected chi connectivity index (χ2v) is 9.04. The van der Waals surface area contributed by atoms with Crippen LogP contribution in [0.25, 0.3) is 0 Å². The normalized spacial score (nSPS) is 11.8. The minimum Gasteiger partial charge on any atom is -0.354 e. The van der Waals surface area contributed by atoms with E-state index >= 15 is 0 Å². The van der Waals surface area contributed by atoms with Crippen LogP contribution in [0.4, 0.5) is 0 Å². The first-order chi connectivity index (χ1) is 14.3. The molecular formula is C22H25Cl3N2O2S. The summed E-state index contributed by atoms with van der Waals surface area (Å²) in [5, 5.41) is 4.53. The predicted octanol–water partition coefficient (Wildman–Crippen LogP) is 6.07. The average Bonchev–Trinajstić information content (AvgIpc) is 2.73. The molecule has 0 saturated heterocycles. The van der Waals surface area contributed by atoms with Crippen LogP contribution in [0.15, 0.2) is 47.4 Å². The van der Waals surface area contributed by atoms with Gasteiger partial charge in [0, 0.05) is 33.1 Å². The Kier molecular flexibility index (Phi) is 10.3. The van der Waals surface area contributed by atoms with E-state index in [0.717, 1.165) is 16.9 Å². The molecule has 0 saturated carbocycles. The molecule has 0 unspecified atom stereocenters. The molecule has 8 heteroatoms. The van der Waals surface area contributed by atoms with Gasteiger partial charge in [-0.2, -0.15) is 0 Å². The maximum absolute atomic E-state index is 13.2. The Morgan fingerprint density at radius 2 is 1.70 bits per heavy atom. The number of amides is 2. The molecule has 4 nitrogen and oxygen atoms in total.